The first-order chi connectivity index (χ1) is 9.03. The first-order valence-corrected chi connectivity index (χ1v) is 7.41. The first-order valence-electron chi connectivity index (χ1n) is 6.59. The number of aliphatic hydroxyl groups excluding tert-OH is 1. The molecule has 19 heavy (non-hydrogen) atoms. The van der Waals surface area contributed by atoms with Crippen LogP contribution in [0.4, 0.5) is 0 Å². The Morgan fingerprint density at radius 2 is 2.11 bits per heavy atom. The van der Waals surface area contributed by atoms with Crippen molar-refractivity contribution in [2.75, 3.05) is 0 Å². The summed E-state index contributed by atoms with van der Waals surface area (Å²) in [4.78, 5) is 9.83. The van der Waals surface area contributed by atoms with E-state index in [-0.39, 0.29) is 11.5 Å². The Labute approximate surface area is 117 Å². The number of hydrogen-bond acceptors (Lipinski definition) is 4. The number of nitrogens with zero attached hydrogens (tertiary/aromatic N) is 2. The summed E-state index contributed by atoms with van der Waals surface area (Å²) < 4.78 is 0. The summed E-state index contributed by atoms with van der Waals surface area (Å²) in [5, 5.41) is 11.3. The summed E-state index contributed by atoms with van der Waals surface area (Å²) in [5.74, 6) is 0. The average Bonchev–Trinajstić information content (AvgIpc) is 2.71. The van der Waals surface area contributed by atoms with Crippen LogP contribution < -0.4 is 0 Å². The summed E-state index contributed by atoms with van der Waals surface area (Å²) in [5.41, 5.74) is 2.46. The molecule has 0 spiro atoms. The van der Waals surface area contributed by atoms with E-state index in [9.17, 15) is 5.11 Å². The minimum atomic E-state index is -0.345. The van der Waals surface area contributed by atoms with E-state index in [4.69, 9.17) is 4.98 Å². The average molecular weight is 274 g/mol. The van der Waals surface area contributed by atoms with Crippen molar-refractivity contribution in [1.29, 1.82) is 0 Å². The van der Waals surface area contributed by atoms with E-state index < -0.39 is 0 Å². The van der Waals surface area contributed by atoms with Crippen LogP contribution in [0.5, 0.6) is 0 Å². The van der Waals surface area contributed by atoms with Crippen molar-refractivity contribution in [3.63, 3.8) is 0 Å². The Hall–Kier alpha value is -1.26. The van der Waals surface area contributed by atoms with Gasteiger partial charge in [0, 0.05) is 18.8 Å². The third-order valence-corrected chi connectivity index (χ3v) is 4.77. The zero-order chi connectivity index (χ0) is 13.5. The van der Waals surface area contributed by atoms with Crippen LogP contribution in [0.2, 0.25) is 0 Å². The van der Waals surface area contributed by atoms with Gasteiger partial charge < -0.3 is 5.11 Å². The van der Waals surface area contributed by atoms with Crippen molar-refractivity contribution in [2.45, 2.75) is 39.2 Å². The van der Waals surface area contributed by atoms with Gasteiger partial charge in [0.2, 0.25) is 0 Å². The molecule has 0 saturated heterocycles. The lowest BCUT2D eigenvalue weighted by Gasteiger charge is -2.31. The third-order valence-electron chi connectivity index (χ3n) is 3.57. The number of rotatable bonds is 2. The van der Waals surface area contributed by atoms with Gasteiger partial charge in [-0.1, -0.05) is 13.8 Å². The molecule has 0 aromatic carbocycles. The van der Waals surface area contributed by atoms with Crippen LogP contribution in [-0.4, -0.2) is 15.1 Å². The highest BCUT2D eigenvalue weighted by Crippen LogP contribution is 2.43. The molecule has 0 fully saturated rings. The Morgan fingerprint density at radius 3 is 2.84 bits per heavy atom. The van der Waals surface area contributed by atoms with Gasteiger partial charge in [0.15, 0.2) is 0 Å². The van der Waals surface area contributed by atoms with Gasteiger partial charge in [-0.25, -0.2) is 4.98 Å². The molecule has 0 aliphatic heterocycles. The molecule has 0 amide bonds. The molecule has 1 unspecified atom stereocenters. The molecule has 0 saturated carbocycles. The van der Waals surface area contributed by atoms with Gasteiger partial charge in [-0.3, -0.25) is 4.98 Å². The van der Waals surface area contributed by atoms with E-state index in [1.807, 2.05) is 12.1 Å². The highest BCUT2D eigenvalue weighted by Gasteiger charge is 2.33. The van der Waals surface area contributed by atoms with Gasteiger partial charge in [0.05, 0.1) is 21.7 Å². The van der Waals surface area contributed by atoms with E-state index in [1.54, 1.807) is 23.7 Å². The van der Waals surface area contributed by atoms with Gasteiger partial charge in [0.25, 0.3) is 0 Å². The van der Waals surface area contributed by atoms with Gasteiger partial charge in [-0.05, 0) is 36.0 Å². The number of pyridine rings is 1. The van der Waals surface area contributed by atoms with E-state index in [2.05, 4.69) is 18.8 Å². The zero-order valence-electron chi connectivity index (χ0n) is 11.3. The smallest absolute Gasteiger partial charge is 0.0975 e. The number of hydrogen-bond donors (Lipinski definition) is 1. The van der Waals surface area contributed by atoms with E-state index in [0.717, 1.165) is 34.8 Å². The fraction of sp³-hybridized carbons (Fsp3) is 0.467. The molecule has 1 aliphatic rings. The van der Waals surface area contributed by atoms with Crippen LogP contribution >= 0.6 is 11.3 Å². The van der Waals surface area contributed by atoms with Crippen LogP contribution in [0.15, 0.2) is 24.5 Å². The molecule has 3 nitrogen and oxygen atoms in total. The van der Waals surface area contributed by atoms with Gasteiger partial charge in [-0.2, -0.15) is 0 Å². The molecule has 100 valence electrons. The molecule has 1 atom stereocenters. The Bertz CT molecular complexity index is 577. The monoisotopic (exact) mass is 274 g/mol. The summed E-state index contributed by atoms with van der Waals surface area (Å²) >= 11 is 1.66. The lowest BCUT2D eigenvalue weighted by atomic mass is 9.77. The first kappa shape index (κ1) is 12.8. The van der Waals surface area contributed by atoms with E-state index in [1.165, 1.54) is 5.56 Å². The summed E-state index contributed by atoms with van der Waals surface area (Å²) in [6, 6.07) is 4.03. The summed E-state index contributed by atoms with van der Waals surface area (Å²) in [6.07, 6.45) is 5.89. The largest absolute Gasteiger partial charge is 0.387 e. The molecule has 2 aromatic heterocycles. The quantitative estimate of drug-likeness (QED) is 0.915. The maximum Gasteiger partial charge on any atom is 0.0975 e. The van der Waals surface area contributed by atoms with Crippen molar-refractivity contribution in [2.24, 2.45) is 5.41 Å². The van der Waals surface area contributed by atoms with Crippen molar-refractivity contribution >= 4 is 11.3 Å². The predicted molar refractivity (Wildman–Crippen MR) is 76.2 cm³/mol. The van der Waals surface area contributed by atoms with Crippen molar-refractivity contribution in [3.05, 3.63) is 45.7 Å². The van der Waals surface area contributed by atoms with Crippen LogP contribution in [0, 0.1) is 5.41 Å². The van der Waals surface area contributed by atoms with Crippen LogP contribution in [-0.2, 0) is 12.8 Å². The summed E-state index contributed by atoms with van der Waals surface area (Å²) in [7, 11) is 0. The summed E-state index contributed by atoms with van der Waals surface area (Å²) in [6.45, 7) is 4.39. The number of aliphatic hydroxyl groups is 1. The second-order valence-electron chi connectivity index (χ2n) is 6.01. The number of fused-ring (bicyclic) bond motifs is 1. The molecule has 0 bridgehead atoms. The highest BCUT2D eigenvalue weighted by molar-refractivity contribution is 7.11. The number of thiazole rings is 1. The maximum absolute atomic E-state index is 10.2. The van der Waals surface area contributed by atoms with Crippen LogP contribution in [0.3, 0.4) is 0 Å². The number of aromatic nitrogens is 2. The van der Waals surface area contributed by atoms with Crippen LogP contribution in [0.25, 0.3) is 0 Å². The standard InChI is InChI=1S/C15H18N2OS/c1-15(2)8-11-14(12(18)9-15)19-13(17-11)7-10-3-5-16-6-4-10/h3-6,12,18H,7-9H2,1-2H3. The lowest BCUT2D eigenvalue weighted by Crippen LogP contribution is -2.24. The van der Waals surface area contributed by atoms with Gasteiger partial charge in [0.1, 0.15) is 0 Å². The maximum atomic E-state index is 10.2. The predicted octanol–water partition coefficient (Wildman–Crippen LogP) is 3.13. The second kappa shape index (κ2) is 4.69. The van der Waals surface area contributed by atoms with Crippen molar-refractivity contribution in [3.8, 4) is 0 Å². The zero-order valence-corrected chi connectivity index (χ0v) is 12.1. The lowest BCUT2D eigenvalue weighted by molar-refractivity contribution is 0.102. The van der Waals surface area contributed by atoms with E-state index >= 15 is 0 Å². The van der Waals surface area contributed by atoms with Crippen molar-refractivity contribution < 1.29 is 5.11 Å². The fourth-order valence-electron chi connectivity index (χ4n) is 2.69. The molecule has 2 heterocycles. The SMILES string of the molecule is CC1(C)Cc2nc(Cc3ccncc3)sc2C(O)C1. The van der Waals surface area contributed by atoms with Crippen molar-refractivity contribution in [1.82, 2.24) is 9.97 Å². The van der Waals surface area contributed by atoms with E-state index in [0.29, 0.717) is 0 Å². The molecule has 1 aliphatic carbocycles. The molecule has 2 aromatic rings. The van der Waals surface area contributed by atoms with Crippen LogP contribution in [0.1, 0.15) is 47.5 Å². The normalized spacial score (nSPS) is 21.1. The molecule has 0 radical (unpaired) electrons. The third kappa shape index (κ3) is 2.69. The van der Waals surface area contributed by atoms with Gasteiger partial charge in [-0.15, -0.1) is 11.3 Å². The topological polar surface area (TPSA) is 46.0 Å². The minimum Gasteiger partial charge on any atom is -0.387 e. The minimum absolute atomic E-state index is 0.147. The molecule has 4 heteroatoms. The molecule has 1 N–H and O–H groups in total. The van der Waals surface area contributed by atoms with Gasteiger partial charge >= 0.3 is 0 Å². The Morgan fingerprint density at radius 1 is 1.37 bits per heavy atom. The molecule has 3 rings (SSSR count). The molecular formula is C15H18N2OS. The second-order valence-corrected chi connectivity index (χ2v) is 7.13. The highest BCUT2D eigenvalue weighted by atomic mass is 32.1. The Kier molecular flexibility index (Phi) is 3.15. The fourth-order valence-corrected chi connectivity index (χ4v) is 3.80. The Balaban J connectivity index is 1.87. The molecular weight excluding hydrogens is 256 g/mol.